The zero-order valence-corrected chi connectivity index (χ0v) is 25.5. The summed E-state index contributed by atoms with van der Waals surface area (Å²) in [7, 11) is 0. The second-order valence-electron chi connectivity index (χ2n) is 11.4. The number of aliphatic hydroxyl groups excluding tert-OH is 1. The van der Waals surface area contributed by atoms with Crippen molar-refractivity contribution in [2.45, 2.75) is 187 Å². The number of nitrogens with one attached hydrogen (secondary N) is 1. The van der Waals surface area contributed by atoms with Gasteiger partial charge in [0.1, 0.15) is 6.04 Å². The molecule has 0 aliphatic heterocycles. The fraction of sp³-hybridized carbons (Fsp3) is 0.939. The second kappa shape index (κ2) is 30.6. The topological polar surface area (TPSA) is 75.6 Å². The number of unbranched alkanes of at least 4 members (excludes halogenated alkanes) is 23. The summed E-state index contributed by atoms with van der Waals surface area (Å²) >= 11 is 0. The number of rotatable bonds is 30. The van der Waals surface area contributed by atoms with Crippen LogP contribution in [-0.4, -0.2) is 36.2 Å². The number of aliphatic hydroxyl groups is 1. The Morgan fingerprint density at radius 1 is 0.553 bits per heavy atom. The van der Waals surface area contributed by atoms with Crippen molar-refractivity contribution in [1.82, 2.24) is 5.32 Å². The van der Waals surface area contributed by atoms with Gasteiger partial charge < -0.3 is 15.2 Å². The summed E-state index contributed by atoms with van der Waals surface area (Å²) in [6.07, 6.45) is 32.0. The maximum atomic E-state index is 12.2. The Morgan fingerprint density at radius 2 is 0.895 bits per heavy atom. The molecule has 5 heteroatoms. The van der Waals surface area contributed by atoms with Crippen LogP contribution >= 0.6 is 0 Å². The summed E-state index contributed by atoms with van der Waals surface area (Å²) in [6, 6.07) is -0.807. The molecule has 0 aliphatic carbocycles. The summed E-state index contributed by atoms with van der Waals surface area (Å²) < 4.78 is 4.97. The molecule has 0 amide bonds. The number of esters is 2. The van der Waals surface area contributed by atoms with Crippen LogP contribution in [0.2, 0.25) is 0 Å². The van der Waals surface area contributed by atoms with Crippen LogP contribution in [0.4, 0.5) is 0 Å². The van der Waals surface area contributed by atoms with Gasteiger partial charge in [0.15, 0.2) is 0 Å². The summed E-state index contributed by atoms with van der Waals surface area (Å²) in [6.45, 7) is 4.83. The number of carbonyl (C=O) groups is 2. The first-order valence-electron chi connectivity index (χ1n) is 16.7. The van der Waals surface area contributed by atoms with Crippen LogP contribution in [0.25, 0.3) is 0 Å². The van der Waals surface area contributed by atoms with Gasteiger partial charge in [-0.05, 0) is 19.4 Å². The zero-order valence-electron chi connectivity index (χ0n) is 25.5. The Morgan fingerprint density at radius 3 is 1.26 bits per heavy atom. The van der Waals surface area contributed by atoms with E-state index < -0.39 is 18.0 Å². The monoisotopic (exact) mass is 539 g/mol. The SMILES string of the molecule is CCCCCCCCCCCCCCCC(=O)OC(=O)[C@H](CO)NCCCCCCCCCCCCCC. The number of ether oxygens (including phenoxy) is 1. The minimum atomic E-state index is -0.807. The molecule has 0 bridgehead atoms. The highest BCUT2D eigenvalue weighted by Gasteiger charge is 2.21. The highest BCUT2D eigenvalue weighted by molar-refractivity contribution is 5.88. The van der Waals surface area contributed by atoms with Crippen molar-refractivity contribution >= 4 is 11.9 Å². The zero-order chi connectivity index (χ0) is 27.9. The molecule has 226 valence electrons. The lowest BCUT2D eigenvalue weighted by atomic mass is 10.0. The molecule has 0 aromatic carbocycles. The van der Waals surface area contributed by atoms with E-state index in [0.717, 1.165) is 32.1 Å². The molecule has 0 rings (SSSR count). The van der Waals surface area contributed by atoms with Crippen molar-refractivity contribution in [1.29, 1.82) is 0 Å². The lowest BCUT2D eigenvalue weighted by molar-refractivity contribution is -0.161. The molecule has 0 heterocycles. The first-order valence-corrected chi connectivity index (χ1v) is 16.7. The van der Waals surface area contributed by atoms with Crippen LogP contribution in [0.1, 0.15) is 181 Å². The van der Waals surface area contributed by atoms with E-state index in [2.05, 4.69) is 19.2 Å². The minimum absolute atomic E-state index is 0.278. The van der Waals surface area contributed by atoms with Crippen LogP contribution in [0, 0.1) is 0 Å². The van der Waals surface area contributed by atoms with Crippen molar-refractivity contribution in [3.63, 3.8) is 0 Å². The summed E-state index contributed by atoms with van der Waals surface area (Å²) in [5, 5.41) is 12.6. The van der Waals surface area contributed by atoms with Gasteiger partial charge in [-0.1, -0.05) is 162 Å². The normalized spacial score (nSPS) is 12.1. The summed E-state index contributed by atoms with van der Waals surface area (Å²) in [4.78, 5) is 24.2. The first kappa shape index (κ1) is 37.1. The van der Waals surface area contributed by atoms with Gasteiger partial charge >= 0.3 is 11.9 Å². The van der Waals surface area contributed by atoms with Gasteiger partial charge in [-0.2, -0.15) is 0 Å². The fourth-order valence-electron chi connectivity index (χ4n) is 4.99. The second-order valence-corrected chi connectivity index (χ2v) is 11.4. The molecule has 1 atom stereocenters. The maximum Gasteiger partial charge on any atom is 0.333 e. The summed E-state index contributed by atoms with van der Waals surface area (Å²) in [5.41, 5.74) is 0. The van der Waals surface area contributed by atoms with Crippen molar-refractivity contribution < 1.29 is 19.4 Å². The molecular weight excluding hydrogens is 474 g/mol. The maximum absolute atomic E-state index is 12.2. The van der Waals surface area contributed by atoms with E-state index in [-0.39, 0.29) is 13.0 Å². The fourth-order valence-corrected chi connectivity index (χ4v) is 4.99. The molecule has 0 unspecified atom stereocenters. The van der Waals surface area contributed by atoms with Crippen LogP contribution in [0.3, 0.4) is 0 Å². The third kappa shape index (κ3) is 26.7. The first-order chi connectivity index (χ1) is 18.7. The smallest absolute Gasteiger partial charge is 0.333 e. The van der Waals surface area contributed by atoms with Crippen LogP contribution in [-0.2, 0) is 14.3 Å². The highest BCUT2D eigenvalue weighted by Crippen LogP contribution is 2.14. The van der Waals surface area contributed by atoms with Crippen LogP contribution in [0.5, 0.6) is 0 Å². The van der Waals surface area contributed by atoms with Crippen molar-refractivity contribution in [2.24, 2.45) is 0 Å². The van der Waals surface area contributed by atoms with Crippen LogP contribution in [0.15, 0.2) is 0 Å². The number of carbonyl (C=O) groups excluding carboxylic acids is 2. The predicted molar refractivity (Wildman–Crippen MR) is 161 cm³/mol. The largest absolute Gasteiger partial charge is 0.394 e. The van der Waals surface area contributed by atoms with Crippen LogP contribution < -0.4 is 5.32 Å². The van der Waals surface area contributed by atoms with Gasteiger partial charge in [0.2, 0.25) is 0 Å². The third-order valence-electron chi connectivity index (χ3n) is 7.59. The average molecular weight is 540 g/mol. The third-order valence-corrected chi connectivity index (χ3v) is 7.59. The molecule has 0 aliphatic rings. The number of hydrogen-bond donors (Lipinski definition) is 2. The van der Waals surface area contributed by atoms with E-state index in [1.54, 1.807) is 0 Å². The average Bonchev–Trinajstić information content (AvgIpc) is 2.91. The van der Waals surface area contributed by atoms with Crippen molar-refractivity contribution in [3.8, 4) is 0 Å². The molecule has 0 spiro atoms. The molecule has 0 fully saturated rings. The minimum Gasteiger partial charge on any atom is -0.394 e. The molecule has 0 radical (unpaired) electrons. The van der Waals surface area contributed by atoms with Gasteiger partial charge in [0, 0.05) is 6.42 Å². The van der Waals surface area contributed by atoms with E-state index in [0.29, 0.717) is 6.54 Å². The summed E-state index contributed by atoms with van der Waals surface area (Å²) in [5.74, 6) is -1.12. The highest BCUT2D eigenvalue weighted by atomic mass is 16.6. The van der Waals surface area contributed by atoms with Crippen molar-refractivity contribution in [2.75, 3.05) is 13.2 Å². The Hall–Kier alpha value is -0.940. The van der Waals surface area contributed by atoms with E-state index in [1.165, 1.54) is 128 Å². The van der Waals surface area contributed by atoms with Crippen molar-refractivity contribution in [3.05, 3.63) is 0 Å². The quantitative estimate of drug-likeness (QED) is 0.0540. The van der Waals surface area contributed by atoms with E-state index >= 15 is 0 Å². The molecule has 0 saturated heterocycles. The van der Waals surface area contributed by atoms with Gasteiger partial charge in [-0.15, -0.1) is 0 Å². The Labute approximate surface area is 236 Å². The van der Waals surface area contributed by atoms with Gasteiger partial charge in [0.05, 0.1) is 6.61 Å². The molecule has 38 heavy (non-hydrogen) atoms. The number of hydrogen-bond acceptors (Lipinski definition) is 5. The molecule has 0 aromatic heterocycles. The molecule has 5 nitrogen and oxygen atoms in total. The molecular formula is C33H65NO4. The van der Waals surface area contributed by atoms with E-state index in [4.69, 9.17) is 4.74 Å². The molecule has 0 saturated carbocycles. The van der Waals surface area contributed by atoms with Gasteiger partial charge in [-0.25, -0.2) is 4.79 Å². The van der Waals surface area contributed by atoms with Gasteiger partial charge in [0.25, 0.3) is 0 Å². The van der Waals surface area contributed by atoms with E-state index in [1.807, 2.05) is 0 Å². The van der Waals surface area contributed by atoms with Gasteiger partial charge in [-0.3, -0.25) is 4.79 Å². The lowest BCUT2D eigenvalue weighted by Gasteiger charge is -2.14. The Bertz CT molecular complexity index is 511. The Kier molecular flexibility index (Phi) is 29.8. The molecule has 2 N–H and O–H groups in total. The lowest BCUT2D eigenvalue weighted by Crippen LogP contribution is -2.42. The predicted octanol–water partition coefficient (Wildman–Crippen LogP) is 9.19. The van der Waals surface area contributed by atoms with E-state index in [9.17, 15) is 14.7 Å². The Balaban J connectivity index is 3.55. The molecule has 0 aromatic rings. The standard InChI is InChI=1S/C33H65NO4/c1-3-5-7-9-11-13-15-17-18-20-22-24-26-28-32(36)38-33(37)31(30-35)34-29-27-25-23-21-19-16-14-12-10-8-6-4-2/h31,34-35H,3-30H2,1-2H3/t31-/m0/s1.